The van der Waals surface area contributed by atoms with Gasteiger partial charge in [0.2, 0.25) is 0 Å². The van der Waals surface area contributed by atoms with Crippen LogP contribution in [0.25, 0.3) is 0 Å². The van der Waals surface area contributed by atoms with Crippen molar-refractivity contribution >= 4 is 11.6 Å². The highest BCUT2D eigenvalue weighted by atomic mass is 19.1. The molecule has 0 aromatic heterocycles. The SMILES string of the molecule is COC1(OC)CC(c2cccc(CN3CCC4(C=CC(=O)N4c4cccc(F)c4)CC3C)c2)C1. The van der Waals surface area contributed by atoms with E-state index in [-0.39, 0.29) is 17.8 Å². The molecule has 0 bridgehead atoms. The van der Waals surface area contributed by atoms with Gasteiger partial charge >= 0.3 is 0 Å². The zero-order valence-electron chi connectivity index (χ0n) is 20.2. The number of halogens is 1. The van der Waals surface area contributed by atoms with E-state index < -0.39 is 11.3 Å². The second-order valence-corrected chi connectivity index (χ2v) is 10.0. The van der Waals surface area contributed by atoms with Crippen LogP contribution in [0, 0.1) is 5.82 Å². The van der Waals surface area contributed by atoms with Crippen molar-refractivity contribution in [2.24, 2.45) is 0 Å². The molecule has 5 nitrogen and oxygen atoms in total. The summed E-state index contributed by atoms with van der Waals surface area (Å²) in [5, 5.41) is 0. The summed E-state index contributed by atoms with van der Waals surface area (Å²) < 4.78 is 25.0. The second-order valence-electron chi connectivity index (χ2n) is 10.0. The number of rotatable bonds is 6. The van der Waals surface area contributed by atoms with Gasteiger partial charge in [-0.2, -0.15) is 0 Å². The van der Waals surface area contributed by atoms with E-state index in [1.807, 2.05) is 12.1 Å². The first kappa shape index (κ1) is 23.2. The summed E-state index contributed by atoms with van der Waals surface area (Å²) in [6.07, 6.45) is 7.07. The van der Waals surface area contributed by atoms with E-state index in [0.29, 0.717) is 11.6 Å². The number of hydrogen-bond acceptors (Lipinski definition) is 4. The maximum atomic E-state index is 13.9. The number of ether oxygens (including phenoxy) is 2. The lowest BCUT2D eigenvalue weighted by Crippen LogP contribution is -2.56. The fourth-order valence-electron chi connectivity index (χ4n) is 6.01. The number of methoxy groups -OCH3 is 2. The molecule has 0 radical (unpaired) electrons. The standard InChI is InChI=1S/C28H33FN2O3/c1-20-16-27(11-10-26(32)31(27)25-9-5-8-24(29)15-25)12-13-30(20)19-21-6-4-7-22(14-21)23-17-28(18-23,33-2)34-3/h4-11,14-15,20,23H,12-13,16-19H2,1-3H3. The van der Waals surface area contributed by atoms with Crippen molar-refractivity contribution in [3.05, 3.63) is 77.6 Å². The molecule has 1 saturated carbocycles. The van der Waals surface area contributed by atoms with Crippen LogP contribution in [0.3, 0.4) is 0 Å². The number of hydrogen-bond donors (Lipinski definition) is 0. The monoisotopic (exact) mass is 464 g/mol. The summed E-state index contributed by atoms with van der Waals surface area (Å²) in [6, 6.07) is 15.5. The molecule has 2 aliphatic heterocycles. The largest absolute Gasteiger partial charge is 0.353 e. The third kappa shape index (κ3) is 4.08. The minimum absolute atomic E-state index is 0.0670. The van der Waals surface area contributed by atoms with Gasteiger partial charge in [-0.15, -0.1) is 0 Å². The quantitative estimate of drug-likeness (QED) is 0.563. The molecule has 1 saturated heterocycles. The van der Waals surface area contributed by atoms with Crippen molar-refractivity contribution in [1.29, 1.82) is 0 Å². The zero-order valence-corrected chi connectivity index (χ0v) is 20.2. The highest BCUT2D eigenvalue weighted by Crippen LogP contribution is 2.47. The van der Waals surface area contributed by atoms with Crippen LogP contribution in [0.5, 0.6) is 0 Å². The molecule has 2 unspecified atom stereocenters. The van der Waals surface area contributed by atoms with E-state index in [2.05, 4.69) is 36.1 Å². The molecule has 6 heteroatoms. The second kappa shape index (κ2) is 8.91. The summed E-state index contributed by atoms with van der Waals surface area (Å²) in [5.41, 5.74) is 2.88. The summed E-state index contributed by atoms with van der Waals surface area (Å²) >= 11 is 0. The summed E-state index contributed by atoms with van der Waals surface area (Å²) in [7, 11) is 3.42. The molecule has 2 atom stereocenters. The fraction of sp³-hybridized carbons (Fsp3) is 0.464. The first-order valence-electron chi connectivity index (χ1n) is 12.1. The Hall–Kier alpha value is -2.54. The van der Waals surface area contributed by atoms with Crippen molar-refractivity contribution in [2.45, 2.75) is 62.4 Å². The number of nitrogens with zero attached hydrogens (tertiary/aromatic N) is 2. The molecule has 3 aliphatic rings. The van der Waals surface area contributed by atoms with Gasteiger partial charge in [-0.05, 0) is 55.0 Å². The van der Waals surface area contributed by atoms with Crippen LogP contribution >= 0.6 is 0 Å². The third-order valence-electron chi connectivity index (χ3n) is 8.04. The number of carbonyl (C=O) groups is 1. The number of piperidine rings is 1. The van der Waals surface area contributed by atoms with Crippen LogP contribution < -0.4 is 4.90 Å². The molecule has 2 aromatic carbocycles. The summed E-state index contributed by atoms with van der Waals surface area (Å²) in [4.78, 5) is 17.0. The third-order valence-corrected chi connectivity index (χ3v) is 8.04. The Morgan fingerprint density at radius 3 is 2.53 bits per heavy atom. The van der Waals surface area contributed by atoms with Gasteiger partial charge in [-0.3, -0.25) is 14.6 Å². The maximum Gasteiger partial charge on any atom is 0.251 e. The van der Waals surface area contributed by atoms with Gasteiger partial charge in [0.15, 0.2) is 5.79 Å². The van der Waals surface area contributed by atoms with Crippen LogP contribution in [0.15, 0.2) is 60.7 Å². The van der Waals surface area contributed by atoms with Crippen molar-refractivity contribution < 1.29 is 18.7 Å². The molecule has 2 aromatic rings. The topological polar surface area (TPSA) is 42.0 Å². The predicted molar refractivity (Wildman–Crippen MR) is 130 cm³/mol. The van der Waals surface area contributed by atoms with Gasteiger partial charge in [0.1, 0.15) is 5.82 Å². The molecule has 2 heterocycles. The fourth-order valence-corrected chi connectivity index (χ4v) is 6.01. The molecule has 1 aliphatic carbocycles. The Morgan fingerprint density at radius 2 is 1.82 bits per heavy atom. The minimum Gasteiger partial charge on any atom is -0.353 e. The van der Waals surface area contributed by atoms with Gasteiger partial charge in [0, 0.05) is 58.0 Å². The van der Waals surface area contributed by atoms with Gasteiger partial charge in [0.25, 0.3) is 5.91 Å². The highest BCUT2D eigenvalue weighted by molar-refractivity contribution is 6.06. The summed E-state index contributed by atoms with van der Waals surface area (Å²) in [5.74, 6) is -0.368. The molecule has 1 amide bonds. The number of carbonyl (C=O) groups excluding carboxylic acids is 1. The van der Waals surface area contributed by atoms with Crippen LogP contribution in [0.2, 0.25) is 0 Å². The van der Waals surface area contributed by atoms with Gasteiger partial charge in [0.05, 0.1) is 5.54 Å². The van der Waals surface area contributed by atoms with Crippen LogP contribution in [0.1, 0.15) is 49.7 Å². The first-order valence-corrected chi connectivity index (χ1v) is 12.1. The Labute approximate surface area is 201 Å². The normalized spacial score (nSPS) is 26.9. The number of likely N-dealkylation sites (tertiary alicyclic amines) is 1. The number of benzene rings is 2. The van der Waals surface area contributed by atoms with E-state index in [4.69, 9.17) is 9.47 Å². The lowest BCUT2D eigenvalue weighted by Gasteiger charge is -2.47. The summed E-state index contributed by atoms with van der Waals surface area (Å²) in [6.45, 7) is 3.96. The van der Waals surface area contributed by atoms with Gasteiger partial charge in [-0.1, -0.05) is 36.4 Å². The Bertz CT molecular complexity index is 1090. The molecule has 34 heavy (non-hydrogen) atoms. The van der Waals surface area contributed by atoms with E-state index in [9.17, 15) is 9.18 Å². The smallest absolute Gasteiger partial charge is 0.251 e. The van der Waals surface area contributed by atoms with Crippen molar-refractivity contribution in [3.63, 3.8) is 0 Å². The van der Waals surface area contributed by atoms with Crippen molar-refractivity contribution in [1.82, 2.24) is 4.90 Å². The Kier molecular flexibility index (Phi) is 6.09. The van der Waals surface area contributed by atoms with Crippen LogP contribution in [-0.2, 0) is 20.8 Å². The van der Waals surface area contributed by atoms with Gasteiger partial charge < -0.3 is 9.47 Å². The lowest BCUT2D eigenvalue weighted by atomic mass is 9.74. The van der Waals surface area contributed by atoms with Gasteiger partial charge in [-0.25, -0.2) is 4.39 Å². The first-order chi connectivity index (χ1) is 16.4. The molecule has 5 rings (SSSR count). The lowest BCUT2D eigenvalue weighted by molar-refractivity contribution is -0.257. The maximum absolute atomic E-state index is 13.9. The average molecular weight is 465 g/mol. The molecule has 0 N–H and O–H groups in total. The van der Waals surface area contributed by atoms with E-state index >= 15 is 0 Å². The average Bonchev–Trinajstić information content (AvgIpc) is 3.11. The molecule has 2 fully saturated rings. The molecular formula is C28H33FN2O3. The van der Waals surface area contributed by atoms with Crippen LogP contribution in [-0.4, -0.2) is 48.9 Å². The van der Waals surface area contributed by atoms with Crippen molar-refractivity contribution in [2.75, 3.05) is 25.7 Å². The van der Waals surface area contributed by atoms with E-state index in [1.54, 1.807) is 31.3 Å². The van der Waals surface area contributed by atoms with Crippen molar-refractivity contribution in [3.8, 4) is 0 Å². The van der Waals surface area contributed by atoms with E-state index in [1.165, 1.54) is 23.3 Å². The number of amides is 1. The van der Waals surface area contributed by atoms with Crippen LogP contribution in [0.4, 0.5) is 10.1 Å². The molecule has 180 valence electrons. The minimum atomic E-state index is -0.434. The molecule has 1 spiro atoms. The molecular weight excluding hydrogens is 431 g/mol. The Morgan fingerprint density at radius 1 is 1.06 bits per heavy atom. The Balaban J connectivity index is 1.27. The zero-order chi connectivity index (χ0) is 23.9. The highest BCUT2D eigenvalue weighted by Gasteiger charge is 2.47. The number of anilines is 1. The predicted octanol–water partition coefficient (Wildman–Crippen LogP) is 5.02. The van der Waals surface area contributed by atoms with E-state index in [0.717, 1.165) is 38.8 Å².